The number of hydrogen-bond acceptors (Lipinski definition) is 4. The van der Waals surface area contributed by atoms with Gasteiger partial charge >= 0.3 is 5.97 Å². The van der Waals surface area contributed by atoms with Gasteiger partial charge in [-0.05, 0) is 62.7 Å². The molecule has 1 aliphatic heterocycles. The van der Waals surface area contributed by atoms with Crippen molar-refractivity contribution in [2.45, 2.75) is 26.2 Å². The number of esters is 1. The Labute approximate surface area is 158 Å². The molecule has 0 bridgehead atoms. The van der Waals surface area contributed by atoms with E-state index in [9.17, 15) is 9.59 Å². The van der Waals surface area contributed by atoms with Crippen molar-refractivity contribution >= 4 is 41.0 Å². The minimum atomic E-state index is -0.0963. The molecule has 0 saturated carbocycles. The van der Waals surface area contributed by atoms with E-state index in [1.807, 2.05) is 6.92 Å². The van der Waals surface area contributed by atoms with Gasteiger partial charge in [-0.3, -0.25) is 9.59 Å². The third-order valence-corrected chi connectivity index (χ3v) is 4.86. The monoisotopic (exact) mass is 383 g/mol. The summed E-state index contributed by atoms with van der Waals surface area (Å²) >= 11 is 11.9. The van der Waals surface area contributed by atoms with Gasteiger partial charge in [0.2, 0.25) is 0 Å². The number of likely N-dealkylation sites (tertiary alicyclic amines) is 1. The highest BCUT2D eigenvalue weighted by Gasteiger charge is 2.25. The van der Waals surface area contributed by atoms with Crippen LogP contribution in [-0.4, -0.2) is 42.9 Å². The molecule has 0 radical (unpaired) electrons. The maximum Gasteiger partial charge on any atom is 0.309 e. The van der Waals surface area contributed by atoms with Gasteiger partial charge in [-0.1, -0.05) is 29.3 Å². The van der Waals surface area contributed by atoms with Gasteiger partial charge in [0.1, 0.15) is 0 Å². The molecule has 1 aliphatic rings. The van der Waals surface area contributed by atoms with Crippen molar-refractivity contribution in [1.29, 1.82) is 0 Å². The second-order valence-corrected chi connectivity index (χ2v) is 6.93. The van der Waals surface area contributed by atoms with E-state index in [1.165, 1.54) is 0 Å². The van der Waals surface area contributed by atoms with E-state index >= 15 is 0 Å². The third-order valence-electron chi connectivity index (χ3n) is 4.29. The SMILES string of the molecule is CCOC(=O)C1CCN(CCC(=O)C=Cc2ccc(Cl)cc2Cl)CC1. The van der Waals surface area contributed by atoms with Crippen LogP contribution >= 0.6 is 23.2 Å². The number of allylic oxidation sites excluding steroid dienone is 1. The quantitative estimate of drug-likeness (QED) is 0.521. The van der Waals surface area contributed by atoms with E-state index in [0.29, 0.717) is 29.6 Å². The maximum absolute atomic E-state index is 12.0. The van der Waals surface area contributed by atoms with Gasteiger partial charge in [-0.25, -0.2) is 0 Å². The second kappa shape index (κ2) is 9.95. The Morgan fingerprint density at radius 2 is 2.00 bits per heavy atom. The Morgan fingerprint density at radius 3 is 2.64 bits per heavy atom. The highest BCUT2D eigenvalue weighted by atomic mass is 35.5. The lowest BCUT2D eigenvalue weighted by Crippen LogP contribution is -2.37. The van der Waals surface area contributed by atoms with E-state index < -0.39 is 0 Å². The Bertz CT molecular complexity index is 638. The van der Waals surface area contributed by atoms with Crippen molar-refractivity contribution in [2.75, 3.05) is 26.2 Å². The lowest BCUT2D eigenvalue weighted by Gasteiger charge is -2.30. The minimum absolute atomic E-state index is 0.00107. The van der Waals surface area contributed by atoms with Crippen molar-refractivity contribution in [3.05, 3.63) is 39.9 Å². The van der Waals surface area contributed by atoms with Crippen molar-refractivity contribution < 1.29 is 14.3 Å². The molecule has 0 spiro atoms. The number of nitrogens with zero attached hydrogens (tertiary/aromatic N) is 1. The first-order chi connectivity index (χ1) is 12.0. The van der Waals surface area contributed by atoms with E-state index in [1.54, 1.807) is 30.4 Å². The van der Waals surface area contributed by atoms with Crippen LogP contribution in [0.5, 0.6) is 0 Å². The van der Waals surface area contributed by atoms with Gasteiger partial charge < -0.3 is 9.64 Å². The average Bonchev–Trinajstić information content (AvgIpc) is 2.60. The van der Waals surface area contributed by atoms with E-state index in [-0.39, 0.29) is 17.7 Å². The zero-order chi connectivity index (χ0) is 18.2. The molecule has 1 fully saturated rings. The van der Waals surface area contributed by atoms with Gasteiger partial charge in [0.15, 0.2) is 5.78 Å². The van der Waals surface area contributed by atoms with Crippen molar-refractivity contribution in [2.24, 2.45) is 5.92 Å². The Morgan fingerprint density at radius 1 is 1.28 bits per heavy atom. The zero-order valence-corrected chi connectivity index (χ0v) is 15.9. The number of piperidine rings is 1. The third kappa shape index (κ3) is 6.46. The summed E-state index contributed by atoms with van der Waals surface area (Å²) in [5.74, 6) is -0.0432. The average molecular weight is 384 g/mol. The van der Waals surface area contributed by atoms with Crippen molar-refractivity contribution in [3.8, 4) is 0 Å². The lowest BCUT2D eigenvalue weighted by molar-refractivity contribution is -0.149. The summed E-state index contributed by atoms with van der Waals surface area (Å²) in [5.41, 5.74) is 0.773. The maximum atomic E-state index is 12.0. The highest BCUT2D eigenvalue weighted by Crippen LogP contribution is 2.22. The van der Waals surface area contributed by atoms with Crippen LogP contribution in [-0.2, 0) is 14.3 Å². The fourth-order valence-corrected chi connectivity index (χ4v) is 3.29. The number of halogens is 2. The fraction of sp³-hybridized carbons (Fsp3) is 0.474. The van der Waals surface area contributed by atoms with E-state index in [0.717, 1.165) is 31.5 Å². The smallest absolute Gasteiger partial charge is 0.309 e. The summed E-state index contributed by atoms with van der Waals surface area (Å²) < 4.78 is 5.07. The first kappa shape index (κ1) is 20.0. The van der Waals surface area contributed by atoms with Crippen LogP contribution in [0.15, 0.2) is 24.3 Å². The molecular formula is C19H23Cl2NO3. The summed E-state index contributed by atoms with van der Waals surface area (Å²) in [4.78, 5) is 26.0. The van der Waals surface area contributed by atoms with Crippen molar-refractivity contribution in [1.82, 2.24) is 4.90 Å². The summed E-state index contributed by atoms with van der Waals surface area (Å²) in [7, 11) is 0. The number of carbonyl (C=O) groups excluding carboxylic acids is 2. The predicted octanol–water partition coefficient (Wildman–Crippen LogP) is 4.24. The van der Waals surface area contributed by atoms with E-state index in [4.69, 9.17) is 27.9 Å². The first-order valence-electron chi connectivity index (χ1n) is 8.54. The molecule has 1 aromatic rings. The van der Waals surface area contributed by atoms with Crippen LogP contribution in [0.3, 0.4) is 0 Å². The molecule has 0 aliphatic carbocycles. The number of carbonyl (C=O) groups is 2. The van der Waals surface area contributed by atoms with Crippen LogP contribution in [0.25, 0.3) is 6.08 Å². The van der Waals surface area contributed by atoms with Gasteiger partial charge in [0.05, 0.1) is 12.5 Å². The molecule has 136 valence electrons. The minimum Gasteiger partial charge on any atom is -0.466 e. The topological polar surface area (TPSA) is 46.6 Å². The lowest BCUT2D eigenvalue weighted by atomic mass is 9.97. The highest BCUT2D eigenvalue weighted by molar-refractivity contribution is 6.35. The van der Waals surface area contributed by atoms with Crippen LogP contribution < -0.4 is 0 Å². The molecule has 0 N–H and O–H groups in total. The van der Waals surface area contributed by atoms with Crippen LogP contribution in [0.4, 0.5) is 0 Å². The molecule has 2 rings (SSSR count). The molecule has 0 unspecified atom stereocenters. The summed E-state index contributed by atoms with van der Waals surface area (Å²) in [6.45, 7) is 4.60. The Balaban J connectivity index is 1.74. The number of rotatable bonds is 7. The van der Waals surface area contributed by atoms with Crippen molar-refractivity contribution in [3.63, 3.8) is 0 Å². The largest absolute Gasteiger partial charge is 0.466 e. The molecule has 25 heavy (non-hydrogen) atoms. The molecule has 1 saturated heterocycles. The normalized spacial score (nSPS) is 16.3. The van der Waals surface area contributed by atoms with Gasteiger partial charge in [0.25, 0.3) is 0 Å². The van der Waals surface area contributed by atoms with E-state index in [2.05, 4.69) is 4.90 Å². The van der Waals surface area contributed by atoms with Crippen LogP contribution in [0.1, 0.15) is 31.7 Å². The van der Waals surface area contributed by atoms with Gasteiger partial charge in [-0.15, -0.1) is 0 Å². The molecule has 4 nitrogen and oxygen atoms in total. The number of hydrogen-bond donors (Lipinski definition) is 0. The molecule has 0 aromatic heterocycles. The molecule has 0 amide bonds. The summed E-state index contributed by atoms with van der Waals surface area (Å²) in [6, 6.07) is 5.18. The molecule has 1 aromatic carbocycles. The predicted molar refractivity (Wildman–Crippen MR) is 101 cm³/mol. The Kier molecular flexibility index (Phi) is 7.94. The second-order valence-electron chi connectivity index (χ2n) is 6.08. The Hall–Kier alpha value is -1.36. The molecule has 1 heterocycles. The fourth-order valence-electron chi connectivity index (χ4n) is 2.82. The van der Waals surface area contributed by atoms with Crippen LogP contribution in [0, 0.1) is 5.92 Å². The van der Waals surface area contributed by atoms with Gasteiger partial charge in [0, 0.05) is 23.0 Å². The van der Waals surface area contributed by atoms with Gasteiger partial charge in [-0.2, -0.15) is 0 Å². The number of ether oxygens (including phenoxy) is 1. The zero-order valence-electron chi connectivity index (χ0n) is 14.3. The number of ketones is 1. The molecule has 6 heteroatoms. The molecule has 0 atom stereocenters. The molecular weight excluding hydrogens is 361 g/mol. The first-order valence-corrected chi connectivity index (χ1v) is 9.30. The summed E-state index contributed by atoms with van der Waals surface area (Å²) in [6.07, 6.45) is 5.31. The summed E-state index contributed by atoms with van der Waals surface area (Å²) in [5, 5.41) is 1.09. The standard InChI is InChI=1S/C19H23Cl2NO3/c1-2-25-19(24)15-7-10-22(11-8-15)12-9-17(23)6-4-14-3-5-16(20)13-18(14)21/h3-6,13,15H,2,7-12H2,1H3. The van der Waals surface area contributed by atoms with Crippen LogP contribution in [0.2, 0.25) is 10.0 Å². The number of benzene rings is 1.